The molecular formula is C33H50N6O7S2. The van der Waals surface area contributed by atoms with Gasteiger partial charge in [0.1, 0.15) is 12.1 Å². The molecule has 0 spiro atoms. The maximum Gasteiger partial charge on any atom is 0.315 e. The van der Waals surface area contributed by atoms with Crippen molar-refractivity contribution in [2.24, 2.45) is 39.7 Å². The summed E-state index contributed by atoms with van der Waals surface area (Å²) in [5, 5.41) is 10.3. The van der Waals surface area contributed by atoms with Gasteiger partial charge in [0.05, 0.1) is 10.9 Å². The number of thiophene rings is 1. The van der Waals surface area contributed by atoms with Crippen LogP contribution in [0.3, 0.4) is 0 Å². The second-order valence-electron chi connectivity index (χ2n) is 16.7. The fraction of sp³-hybridized carbons (Fsp3) is 0.727. The summed E-state index contributed by atoms with van der Waals surface area (Å²) in [7, 11) is -3.69. The lowest BCUT2D eigenvalue weighted by atomic mass is 9.85. The highest BCUT2D eigenvalue weighted by Gasteiger charge is 2.70. The minimum atomic E-state index is -3.69. The third-order valence-electron chi connectivity index (χ3n) is 10.7. The number of nitrogens with zero attached hydrogens (tertiary/aromatic N) is 2. The zero-order chi connectivity index (χ0) is 35.7. The summed E-state index contributed by atoms with van der Waals surface area (Å²) >= 11 is 1.38. The number of hydrogen-bond donors (Lipinski definition) is 4. The van der Waals surface area contributed by atoms with E-state index in [0.29, 0.717) is 17.9 Å². The van der Waals surface area contributed by atoms with E-state index in [9.17, 15) is 32.4 Å². The number of urea groups is 1. The molecular weight excluding hydrogens is 657 g/mol. The number of rotatable bonds is 11. The van der Waals surface area contributed by atoms with Gasteiger partial charge in [-0.1, -0.05) is 68.2 Å². The molecule has 1 saturated heterocycles. The number of carbonyl (C=O) groups excluding carboxylic acids is 5. The zero-order valence-corrected chi connectivity index (χ0v) is 30.7. The monoisotopic (exact) mass is 706 g/mol. The molecule has 15 heteroatoms. The summed E-state index contributed by atoms with van der Waals surface area (Å²) < 4.78 is 27.7. The standard InChI is InChI=1S/C33H50N6O7S2/c1-31(2,3)22(16-38-15-20-21(11-12-47-20)48(38,45)46)36-30(44)37-26(32(4,5)6)29(43)39-14-18-23(33(18,7)8)24(39)28(42)35-19(13-17-9-10-17)25(40)27(34)41/h11-12,17-19,22-24,26H,9-10,13-16H2,1-8H3,(H2,34,41)(H,35,42)(H2,36,37,44)/t18-,19?,22+,23-,24?,26+/m0/s1. The van der Waals surface area contributed by atoms with E-state index in [0.717, 1.165) is 17.7 Å². The third kappa shape index (κ3) is 7.00. The highest BCUT2D eigenvalue weighted by molar-refractivity contribution is 7.89. The van der Waals surface area contributed by atoms with Crippen LogP contribution in [-0.2, 0) is 35.7 Å². The summed E-state index contributed by atoms with van der Waals surface area (Å²) in [6.45, 7) is 15.9. The van der Waals surface area contributed by atoms with Gasteiger partial charge in [0, 0.05) is 30.6 Å². The van der Waals surface area contributed by atoms with Crippen molar-refractivity contribution in [3.05, 3.63) is 16.3 Å². The van der Waals surface area contributed by atoms with E-state index in [4.69, 9.17) is 5.73 Å². The van der Waals surface area contributed by atoms with Crippen molar-refractivity contribution >= 4 is 50.9 Å². The Morgan fingerprint density at radius 2 is 1.67 bits per heavy atom. The molecule has 3 heterocycles. The van der Waals surface area contributed by atoms with E-state index in [1.807, 2.05) is 55.4 Å². The Labute approximate surface area is 287 Å². The summed E-state index contributed by atoms with van der Waals surface area (Å²) in [6.07, 6.45) is 2.13. The number of nitrogens with two attached hydrogens (primary N) is 1. The molecule has 2 unspecified atom stereocenters. The van der Waals surface area contributed by atoms with Crippen LogP contribution >= 0.6 is 11.3 Å². The smallest absolute Gasteiger partial charge is 0.315 e. The maximum atomic E-state index is 14.4. The Morgan fingerprint density at radius 1 is 1.02 bits per heavy atom. The molecule has 5 N–H and O–H groups in total. The normalized spacial score (nSPS) is 26.1. The minimum absolute atomic E-state index is 0.0493. The second kappa shape index (κ2) is 12.4. The minimum Gasteiger partial charge on any atom is -0.363 e. The van der Waals surface area contributed by atoms with Gasteiger partial charge in [0.15, 0.2) is 0 Å². The van der Waals surface area contributed by atoms with Gasteiger partial charge >= 0.3 is 6.03 Å². The third-order valence-corrected chi connectivity index (χ3v) is 13.6. The van der Waals surface area contributed by atoms with Gasteiger partial charge in [-0.15, -0.1) is 11.3 Å². The lowest BCUT2D eigenvalue weighted by Gasteiger charge is -2.39. The molecule has 1 aromatic heterocycles. The first kappa shape index (κ1) is 36.2. The zero-order valence-electron chi connectivity index (χ0n) is 29.1. The summed E-state index contributed by atoms with van der Waals surface area (Å²) in [4.78, 5) is 68.9. The number of piperidine rings is 1. The van der Waals surface area contributed by atoms with Gasteiger partial charge in [0.25, 0.3) is 5.91 Å². The molecule has 0 bridgehead atoms. The number of ketones is 1. The number of likely N-dealkylation sites (tertiary alicyclic amines) is 1. The van der Waals surface area contributed by atoms with Gasteiger partial charge in [-0.3, -0.25) is 19.2 Å². The Morgan fingerprint density at radius 3 is 2.21 bits per heavy atom. The number of Topliss-reactive ketones (excluding diaryl/α,β-unsaturated/α-hetero) is 1. The fourth-order valence-electron chi connectivity index (χ4n) is 7.27. The van der Waals surface area contributed by atoms with E-state index >= 15 is 0 Å². The van der Waals surface area contributed by atoms with E-state index in [2.05, 4.69) is 16.0 Å². The average molecular weight is 707 g/mol. The fourth-order valence-corrected chi connectivity index (χ4v) is 10.2. The van der Waals surface area contributed by atoms with Crippen molar-refractivity contribution in [1.29, 1.82) is 0 Å². The molecule has 5 amide bonds. The van der Waals surface area contributed by atoms with E-state index in [1.165, 1.54) is 20.5 Å². The first-order chi connectivity index (χ1) is 22.0. The first-order valence-corrected chi connectivity index (χ1v) is 18.9. The molecule has 6 atom stereocenters. The molecule has 0 radical (unpaired) electrons. The van der Waals surface area contributed by atoms with E-state index < -0.39 is 74.6 Å². The highest BCUT2D eigenvalue weighted by atomic mass is 32.2. The Balaban J connectivity index is 1.32. The van der Waals surface area contributed by atoms with Gasteiger partial charge in [0.2, 0.25) is 27.6 Å². The van der Waals surface area contributed by atoms with Crippen molar-refractivity contribution in [3.8, 4) is 0 Å². The lowest BCUT2D eigenvalue weighted by Crippen LogP contribution is -2.62. The molecule has 1 aromatic rings. The second-order valence-corrected chi connectivity index (χ2v) is 19.6. The van der Waals surface area contributed by atoms with Crippen molar-refractivity contribution in [2.75, 3.05) is 13.1 Å². The van der Waals surface area contributed by atoms with Crippen LogP contribution in [0.5, 0.6) is 0 Å². The molecule has 2 aliphatic heterocycles. The highest BCUT2D eigenvalue weighted by Crippen LogP contribution is 2.65. The van der Waals surface area contributed by atoms with Gasteiger partial charge < -0.3 is 26.6 Å². The summed E-state index contributed by atoms with van der Waals surface area (Å²) in [6, 6.07) is -2.60. The predicted octanol–water partition coefficient (Wildman–Crippen LogP) is 2.20. The van der Waals surface area contributed by atoms with Crippen LogP contribution in [0, 0.1) is 34.0 Å². The Kier molecular flexibility index (Phi) is 9.35. The Bertz CT molecular complexity index is 1600. The molecule has 266 valence electrons. The number of amides is 5. The van der Waals surface area contributed by atoms with Gasteiger partial charge in [-0.2, -0.15) is 4.31 Å². The van der Waals surface area contributed by atoms with Crippen molar-refractivity contribution in [1.82, 2.24) is 25.2 Å². The lowest BCUT2D eigenvalue weighted by molar-refractivity contribution is -0.145. The Hall–Kier alpha value is -3.04. The summed E-state index contributed by atoms with van der Waals surface area (Å²) in [5.41, 5.74) is 3.79. The first-order valence-electron chi connectivity index (χ1n) is 16.6. The number of fused-ring (bicyclic) bond motifs is 2. The number of carbonyl (C=O) groups is 5. The van der Waals surface area contributed by atoms with E-state index in [1.54, 1.807) is 11.4 Å². The molecule has 13 nitrogen and oxygen atoms in total. The topological polar surface area (TPSA) is 188 Å². The van der Waals surface area contributed by atoms with Crippen LogP contribution in [0.2, 0.25) is 0 Å². The molecule has 48 heavy (non-hydrogen) atoms. The van der Waals surface area contributed by atoms with Crippen molar-refractivity contribution < 1.29 is 32.4 Å². The molecule has 5 rings (SSSR count). The summed E-state index contributed by atoms with van der Waals surface area (Å²) in [5.74, 6) is -2.78. The maximum absolute atomic E-state index is 14.4. The predicted molar refractivity (Wildman–Crippen MR) is 180 cm³/mol. The van der Waals surface area contributed by atoms with Gasteiger partial charge in [-0.05, 0) is 51.9 Å². The van der Waals surface area contributed by atoms with Crippen LogP contribution in [0.4, 0.5) is 4.79 Å². The number of hydrogen-bond acceptors (Lipinski definition) is 8. The quantitative estimate of drug-likeness (QED) is 0.254. The van der Waals surface area contributed by atoms with Crippen LogP contribution in [0.15, 0.2) is 16.3 Å². The van der Waals surface area contributed by atoms with Crippen molar-refractivity contribution in [3.63, 3.8) is 0 Å². The average Bonchev–Trinajstić information content (AvgIpc) is 3.63. The molecule has 4 aliphatic rings. The van der Waals surface area contributed by atoms with Crippen LogP contribution in [0.25, 0.3) is 0 Å². The molecule has 3 fully saturated rings. The van der Waals surface area contributed by atoms with Gasteiger partial charge in [-0.25, -0.2) is 13.2 Å². The van der Waals surface area contributed by atoms with Crippen LogP contribution in [0.1, 0.15) is 79.5 Å². The largest absolute Gasteiger partial charge is 0.363 e. The van der Waals surface area contributed by atoms with Crippen LogP contribution < -0.4 is 21.7 Å². The number of nitrogens with one attached hydrogen (secondary N) is 3. The van der Waals surface area contributed by atoms with Crippen LogP contribution in [-0.4, -0.2) is 84.4 Å². The molecule has 2 saturated carbocycles. The number of sulfonamides is 1. The number of primary amides is 1. The van der Waals surface area contributed by atoms with Crippen molar-refractivity contribution in [2.45, 2.75) is 110 Å². The van der Waals surface area contributed by atoms with E-state index in [-0.39, 0.29) is 36.3 Å². The SMILES string of the molecule is CC(C)(C)[C@H](NC(=O)N[C@H](CN1Cc2sccc2S1(=O)=O)C(C)(C)C)C(=O)N1C[C@H]2[C@@H](C1C(=O)NC(CC1CC1)C(=O)C(N)=O)C2(C)C. The molecule has 0 aromatic carbocycles. The molecule has 2 aliphatic carbocycles.